The van der Waals surface area contributed by atoms with Crippen molar-refractivity contribution in [1.82, 2.24) is 10.6 Å². The summed E-state index contributed by atoms with van der Waals surface area (Å²) >= 11 is 1.88. The standard InChI is InChI=1S/C14H26N2O2S/c1-19-13-7-3-2-6-12(13)16-14(17)15-9-8-11-5-4-10-18-11/h11-13H,2-10H2,1H3,(H2,15,16,17)/t11-,12+,13+/m0/s1. The first-order chi connectivity index (χ1) is 9.29. The highest BCUT2D eigenvalue weighted by Gasteiger charge is 2.25. The third-order valence-corrected chi connectivity index (χ3v) is 5.27. The highest BCUT2D eigenvalue weighted by molar-refractivity contribution is 7.99. The van der Waals surface area contributed by atoms with Gasteiger partial charge in [-0.15, -0.1) is 0 Å². The van der Waals surface area contributed by atoms with E-state index in [1.54, 1.807) is 0 Å². The first kappa shape index (κ1) is 15.0. The molecule has 0 radical (unpaired) electrons. The Morgan fingerprint density at radius 2 is 2.11 bits per heavy atom. The molecule has 2 fully saturated rings. The smallest absolute Gasteiger partial charge is 0.315 e. The summed E-state index contributed by atoms with van der Waals surface area (Å²) in [7, 11) is 0. The van der Waals surface area contributed by atoms with Crippen molar-refractivity contribution < 1.29 is 9.53 Å². The van der Waals surface area contributed by atoms with Crippen molar-refractivity contribution in [3.63, 3.8) is 0 Å². The number of rotatable bonds is 5. The Morgan fingerprint density at radius 1 is 1.26 bits per heavy atom. The Bertz CT molecular complexity index is 283. The number of nitrogens with one attached hydrogen (secondary N) is 2. The largest absolute Gasteiger partial charge is 0.378 e. The van der Waals surface area contributed by atoms with Crippen molar-refractivity contribution in [2.75, 3.05) is 19.4 Å². The molecular weight excluding hydrogens is 260 g/mol. The number of hydrogen-bond acceptors (Lipinski definition) is 3. The van der Waals surface area contributed by atoms with Crippen molar-refractivity contribution in [3.8, 4) is 0 Å². The maximum atomic E-state index is 11.9. The van der Waals surface area contributed by atoms with Gasteiger partial charge in [-0.3, -0.25) is 0 Å². The number of hydrogen-bond donors (Lipinski definition) is 2. The fourth-order valence-electron chi connectivity index (χ4n) is 2.98. The van der Waals surface area contributed by atoms with Crippen LogP contribution in [0.4, 0.5) is 4.79 Å². The Kier molecular flexibility index (Phi) is 6.31. The summed E-state index contributed by atoms with van der Waals surface area (Å²) in [6.45, 7) is 1.60. The van der Waals surface area contributed by atoms with E-state index in [4.69, 9.17) is 4.74 Å². The predicted molar refractivity (Wildman–Crippen MR) is 79.7 cm³/mol. The lowest BCUT2D eigenvalue weighted by Gasteiger charge is -2.30. The number of amides is 2. The lowest BCUT2D eigenvalue weighted by molar-refractivity contribution is 0.104. The van der Waals surface area contributed by atoms with Gasteiger partial charge < -0.3 is 15.4 Å². The second-order valence-corrected chi connectivity index (χ2v) is 6.57. The third-order valence-electron chi connectivity index (χ3n) is 4.10. The molecule has 2 rings (SSSR count). The van der Waals surface area contributed by atoms with Gasteiger partial charge in [-0.05, 0) is 38.4 Å². The molecule has 1 heterocycles. The fourth-order valence-corrected chi connectivity index (χ4v) is 3.92. The van der Waals surface area contributed by atoms with Crippen LogP contribution in [0.1, 0.15) is 44.9 Å². The van der Waals surface area contributed by atoms with Gasteiger partial charge in [0.15, 0.2) is 0 Å². The lowest BCUT2D eigenvalue weighted by atomic mass is 9.95. The van der Waals surface area contributed by atoms with Gasteiger partial charge in [0, 0.05) is 24.4 Å². The summed E-state index contributed by atoms with van der Waals surface area (Å²) in [5.74, 6) is 0. The minimum Gasteiger partial charge on any atom is -0.378 e. The van der Waals surface area contributed by atoms with E-state index in [1.165, 1.54) is 19.3 Å². The Morgan fingerprint density at radius 3 is 2.84 bits per heavy atom. The van der Waals surface area contributed by atoms with Gasteiger partial charge in [0.05, 0.1) is 6.10 Å². The van der Waals surface area contributed by atoms with E-state index in [0.717, 1.165) is 32.3 Å². The van der Waals surface area contributed by atoms with Gasteiger partial charge >= 0.3 is 6.03 Å². The molecule has 1 saturated carbocycles. The van der Waals surface area contributed by atoms with E-state index in [0.29, 0.717) is 23.9 Å². The van der Waals surface area contributed by atoms with Crippen LogP contribution in [0, 0.1) is 0 Å². The van der Waals surface area contributed by atoms with Crippen LogP contribution < -0.4 is 10.6 Å². The molecule has 3 atom stereocenters. The SMILES string of the molecule is CS[C@@H]1CCCC[C@H]1NC(=O)NCC[C@@H]1CCCO1. The van der Waals surface area contributed by atoms with E-state index >= 15 is 0 Å². The molecule has 19 heavy (non-hydrogen) atoms. The zero-order valence-corrected chi connectivity index (χ0v) is 12.6. The van der Waals surface area contributed by atoms with Crippen molar-refractivity contribution in [3.05, 3.63) is 0 Å². The molecule has 5 heteroatoms. The van der Waals surface area contributed by atoms with Crippen LogP contribution in [0.2, 0.25) is 0 Å². The second kappa shape index (κ2) is 8.00. The molecule has 2 N–H and O–H groups in total. The van der Waals surface area contributed by atoms with E-state index in [9.17, 15) is 4.79 Å². The molecule has 1 saturated heterocycles. The highest BCUT2D eigenvalue weighted by Crippen LogP contribution is 2.27. The van der Waals surface area contributed by atoms with Gasteiger partial charge in [0.1, 0.15) is 0 Å². The molecule has 1 aliphatic heterocycles. The first-order valence-electron chi connectivity index (χ1n) is 7.48. The molecule has 2 aliphatic rings. The zero-order valence-electron chi connectivity index (χ0n) is 11.8. The molecule has 110 valence electrons. The molecule has 0 unspecified atom stereocenters. The van der Waals surface area contributed by atoms with Crippen molar-refractivity contribution in [1.29, 1.82) is 0 Å². The van der Waals surface area contributed by atoms with E-state index in [1.807, 2.05) is 11.8 Å². The summed E-state index contributed by atoms with van der Waals surface area (Å²) in [4.78, 5) is 11.9. The summed E-state index contributed by atoms with van der Waals surface area (Å²) in [6, 6.07) is 0.329. The molecular formula is C14H26N2O2S. The molecule has 0 aromatic rings. The summed E-state index contributed by atoms with van der Waals surface area (Å²) in [5, 5.41) is 6.68. The van der Waals surface area contributed by atoms with Gasteiger partial charge in [-0.1, -0.05) is 12.8 Å². The van der Waals surface area contributed by atoms with Crippen LogP contribution in [-0.4, -0.2) is 42.8 Å². The first-order valence-corrected chi connectivity index (χ1v) is 8.77. The molecule has 0 spiro atoms. The molecule has 0 aromatic heterocycles. The van der Waals surface area contributed by atoms with Gasteiger partial charge in [-0.2, -0.15) is 11.8 Å². The van der Waals surface area contributed by atoms with E-state index in [-0.39, 0.29) is 6.03 Å². The van der Waals surface area contributed by atoms with Crippen LogP contribution in [0.5, 0.6) is 0 Å². The van der Waals surface area contributed by atoms with E-state index < -0.39 is 0 Å². The van der Waals surface area contributed by atoms with Crippen LogP contribution in [0.3, 0.4) is 0 Å². The minimum atomic E-state index is -0.0102. The number of carbonyl (C=O) groups is 1. The zero-order chi connectivity index (χ0) is 13.5. The van der Waals surface area contributed by atoms with Crippen LogP contribution in [-0.2, 0) is 4.74 Å². The minimum absolute atomic E-state index is 0.0102. The summed E-state index contributed by atoms with van der Waals surface area (Å²) in [6.07, 6.45) is 10.6. The number of carbonyl (C=O) groups excluding carboxylic acids is 1. The lowest BCUT2D eigenvalue weighted by Crippen LogP contribution is -2.48. The maximum Gasteiger partial charge on any atom is 0.315 e. The van der Waals surface area contributed by atoms with Crippen LogP contribution in [0.15, 0.2) is 0 Å². The highest BCUT2D eigenvalue weighted by atomic mass is 32.2. The Labute approximate surface area is 120 Å². The monoisotopic (exact) mass is 286 g/mol. The fraction of sp³-hybridized carbons (Fsp3) is 0.929. The average Bonchev–Trinajstić information content (AvgIpc) is 2.92. The summed E-state index contributed by atoms with van der Waals surface area (Å²) in [5.41, 5.74) is 0. The molecule has 0 aromatic carbocycles. The Hall–Kier alpha value is -0.420. The van der Waals surface area contributed by atoms with Crippen molar-refractivity contribution >= 4 is 17.8 Å². The number of urea groups is 1. The van der Waals surface area contributed by atoms with Gasteiger partial charge in [0.2, 0.25) is 0 Å². The quantitative estimate of drug-likeness (QED) is 0.816. The van der Waals surface area contributed by atoms with E-state index in [2.05, 4.69) is 16.9 Å². The molecule has 2 amide bonds. The van der Waals surface area contributed by atoms with Crippen molar-refractivity contribution in [2.45, 2.75) is 62.3 Å². The second-order valence-electron chi connectivity index (χ2n) is 5.49. The molecule has 4 nitrogen and oxygen atoms in total. The predicted octanol–water partition coefficient (Wildman–Crippen LogP) is 2.53. The van der Waals surface area contributed by atoms with Crippen LogP contribution >= 0.6 is 11.8 Å². The average molecular weight is 286 g/mol. The maximum absolute atomic E-state index is 11.9. The molecule has 0 bridgehead atoms. The number of ether oxygens (including phenoxy) is 1. The Balaban J connectivity index is 1.62. The van der Waals surface area contributed by atoms with Gasteiger partial charge in [-0.25, -0.2) is 4.79 Å². The van der Waals surface area contributed by atoms with Gasteiger partial charge in [0.25, 0.3) is 0 Å². The normalized spacial score (nSPS) is 31.1. The van der Waals surface area contributed by atoms with Crippen LogP contribution in [0.25, 0.3) is 0 Å². The topological polar surface area (TPSA) is 50.4 Å². The van der Waals surface area contributed by atoms with Crippen molar-refractivity contribution in [2.24, 2.45) is 0 Å². The molecule has 1 aliphatic carbocycles. The number of thioether (sulfide) groups is 1. The summed E-state index contributed by atoms with van der Waals surface area (Å²) < 4.78 is 5.54. The third kappa shape index (κ3) is 4.88.